The molecule has 1 rings (SSSR count). The summed E-state index contributed by atoms with van der Waals surface area (Å²) in [5.74, 6) is -1.13. The van der Waals surface area contributed by atoms with E-state index in [1.165, 1.54) is 19.1 Å². The molecule has 20 heavy (non-hydrogen) atoms. The van der Waals surface area contributed by atoms with Crippen LogP contribution in [0.15, 0.2) is 29.2 Å². The monoisotopic (exact) mass is 300 g/mol. The minimum absolute atomic E-state index is 0.0750. The molecule has 0 amide bonds. The van der Waals surface area contributed by atoms with Crippen molar-refractivity contribution in [1.82, 2.24) is 0 Å². The molecule has 1 aromatic rings. The summed E-state index contributed by atoms with van der Waals surface area (Å²) >= 11 is 0. The summed E-state index contributed by atoms with van der Waals surface area (Å²) in [5.41, 5.74) is 0.955. The molecule has 0 aliphatic carbocycles. The third-order valence-electron chi connectivity index (χ3n) is 2.95. The van der Waals surface area contributed by atoms with E-state index < -0.39 is 28.1 Å². The normalized spacial score (nSPS) is 14.6. The minimum atomic E-state index is -3.88. The van der Waals surface area contributed by atoms with Gasteiger partial charge in [0, 0.05) is 0 Å². The molecule has 0 aliphatic rings. The van der Waals surface area contributed by atoms with Gasteiger partial charge in [-0.2, -0.15) is 8.42 Å². The molecule has 0 bridgehead atoms. The molecule has 0 saturated carbocycles. The maximum Gasteiger partial charge on any atom is 0.311 e. The van der Waals surface area contributed by atoms with Gasteiger partial charge in [0.15, 0.2) is 0 Å². The summed E-state index contributed by atoms with van der Waals surface area (Å²) < 4.78 is 34.0. The number of rotatable bonds is 6. The number of benzene rings is 1. The van der Waals surface area contributed by atoms with Crippen LogP contribution >= 0.6 is 0 Å². The van der Waals surface area contributed by atoms with Gasteiger partial charge < -0.3 is 4.74 Å². The van der Waals surface area contributed by atoms with Crippen molar-refractivity contribution in [3.8, 4) is 0 Å². The van der Waals surface area contributed by atoms with Gasteiger partial charge in [0.1, 0.15) is 0 Å². The highest BCUT2D eigenvalue weighted by molar-refractivity contribution is 7.86. The van der Waals surface area contributed by atoms with Crippen molar-refractivity contribution in [3.63, 3.8) is 0 Å². The average Bonchev–Trinajstić information content (AvgIpc) is 2.38. The molecule has 0 unspecified atom stereocenters. The second kappa shape index (κ2) is 6.85. The molecule has 0 heterocycles. The third kappa shape index (κ3) is 4.31. The molecular formula is C14H20O5S. The molecule has 0 spiro atoms. The Balaban J connectivity index is 2.80. The number of aryl methyl sites for hydroxylation is 1. The van der Waals surface area contributed by atoms with Crippen LogP contribution in [0.5, 0.6) is 0 Å². The number of ether oxygens (including phenoxy) is 1. The molecule has 1 aromatic carbocycles. The van der Waals surface area contributed by atoms with Crippen LogP contribution in [0.25, 0.3) is 0 Å². The molecule has 112 valence electrons. The Labute approximate surface area is 120 Å². The van der Waals surface area contributed by atoms with Gasteiger partial charge in [-0.1, -0.05) is 17.7 Å². The van der Waals surface area contributed by atoms with Gasteiger partial charge in [0.2, 0.25) is 0 Å². The summed E-state index contributed by atoms with van der Waals surface area (Å²) in [6, 6.07) is 6.34. The second-order valence-electron chi connectivity index (χ2n) is 4.61. The first-order valence-electron chi connectivity index (χ1n) is 6.44. The summed E-state index contributed by atoms with van der Waals surface area (Å²) in [4.78, 5) is 11.6. The summed E-state index contributed by atoms with van der Waals surface area (Å²) in [7, 11) is -3.88. The zero-order valence-electron chi connectivity index (χ0n) is 12.1. The van der Waals surface area contributed by atoms with Crippen molar-refractivity contribution in [2.24, 2.45) is 5.92 Å². The number of hydrogen-bond donors (Lipinski definition) is 0. The van der Waals surface area contributed by atoms with Gasteiger partial charge in [-0.25, -0.2) is 0 Å². The zero-order valence-corrected chi connectivity index (χ0v) is 12.9. The van der Waals surface area contributed by atoms with Crippen molar-refractivity contribution in [2.75, 3.05) is 6.61 Å². The molecule has 0 aliphatic heterocycles. The zero-order chi connectivity index (χ0) is 15.3. The lowest BCUT2D eigenvalue weighted by atomic mass is 10.1. The molecule has 0 saturated heterocycles. The van der Waals surface area contributed by atoms with Gasteiger partial charge in [-0.3, -0.25) is 8.98 Å². The van der Waals surface area contributed by atoms with Crippen molar-refractivity contribution in [3.05, 3.63) is 29.8 Å². The Morgan fingerprint density at radius 3 is 2.25 bits per heavy atom. The fraction of sp³-hybridized carbons (Fsp3) is 0.500. The van der Waals surface area contributed by atoms with Crippen LogP contribution in [-0.4, -0.2) is 27.1 Å². The molecule has 6 heteroatoms. The highest BCUT2D eigenvalue weighted by Gasteiger charge is 2.27. The highest BCUT2D eigenvalue weighted by Crippen LogP contribution is 2.19. The van der Waals surface area contributed by atoms with Crippen molar-refractivity contribution < 1.29 is 22.1 Å². The second-order valence-corrected chi connectivity index (χ2v) is 6.18. The lowest BCUT2D eigenvalue weighted by Crippen LogP contribution is -2.29. The van der Waals surface area contributed by atoms with E-state index in [4.69, 9.17) is 8.92 Å². The maximum atomic E-state index is 12.1. The van der Waals surface area contributed by atoms with E-state index in [-0.39, 0.29) is 11.5 Å². The molecular weight excluding hydrogens is 280 g/mol. The number of esters is 1. The summed E-state index contributed by atoms with van der Waals surface area (Å²) in [6.07, 6.45) is -0.791. The van der Waals surface area contributed by atoms with E-state index in [0.717, 1.165) is 5.56 Å². The Kier molecular flexibility index (Phi) is 5.71. The number of carbonyl (C=O) groups is 1. The van der Waals surface area contributed by atoms with Crippen LogP contribution in [0.1, 0.15) is 26.3 Å². The topological polar surface area (TPSA) is 69.7 Å². The average molecular weight is 300 g/mol. The van der Waals surface area contributed by atoms with E-state index in [0.29, 0.717) is 0 Å². The van der Waals surface area contributed by atoms with Crippen molar-refractivity contribution in [2.45, 2.75) is 38.7 Å². The number of hydrogen-bond acceptors (Lipinski definition) is 5. The molecule has 5 nitrogen and oxygen atoms in total. The predicted molar refractivity (Wildman–Crippen MR) is 74.7 cm³/mol. The third-order valence-corrected chi connectivity index (χ3v) is 4.36. The largest absolute Gasteiger partial charge is 0.466 e. The van der Waals surface area contributed by atoms with Crippen LogP contribution in [0, 0.1) is 12.8 Å². The first kappa shape index (κ1) is 16.7. The molecule has 0 N–H and O–H groups in total. The van der Waals surface area contributed by atoms with Crippen molar-refractivity contribution in [1.29, 1.82) is 0 Å². The maximum absolute atomic E-state index is 12.1. The van der Waals surface area contributed by atoms with Gasteiger partial charge in [0.25, 0.3) is 10.1 Å². The van der Waals surface area contributed by atoms with Crippen LogP contribution in [-0.2, 0) is 23.8 Å². The van der Waals surface area contributed by atoms with Crippen LogP contribution in [0.4, 0.5) is 0 Å². The minimum Gasteiger partial charge on any atom is -0.466 e. The quantitative estimate of drug-likeness (QED) is 0.595. The van der Waals surface area contributed by atoms with E-state index in [1.807, 2.05) is 6.92 Å². The molecule has 0 radical (unpaired) electrons. The van der Waals surface area contributed by atoms with E-state index in [1.54, 1.807) is 26.0 Å². The fourth-order valence-electron chi connectivity index (χ4n) is 1.51. The van der Waals surface area contributed by atoms with Crippen molar-refractivity contribution >= 4 is 16.1 Å². The Morgan fingerprint density at radius 1 is 1.20 bits per heavy atom. The highest BCUT2D eigenvalue weighted by atomic mass is 32.2. The predicted octanol–water partition coefficient (Wildman–Crippen LogP) is 2.29. The first-order chi connectivity index (χ1) is 9.27. The Bertz CT molecular complexity index is 547. The summed E-state index contributed by atoms with van der Waals surface area (Å²) in [5, 5.41) is 0. The van der Waals surface area contributed by atoms with Crippen LogP contribution < -0.4 is 0 Å². The Morgan fingerprint density at radius 2 is 1.75 bits per heavy atom. The summed E-state index contributed by atoms with van der Waals surface area (Å²) in [6.45, 7) is 6.92. The number of carbonyl (C=O) groups excluding carboxylic acids is 1. The SMILES string of the molecule is CCOC(=O)[C@H](C)[C@H](C)OS(=O)(=O)c1ccc(C)cc1. The Hall–Kier alpha value is -1.40. The van der Waals surface area contributed by atoms with Gasteiger partial charge in [-0.15, -0.1) is 0 Å². The molecule has 0 aromatic heterocycles. The van der Waals surface area contributed by atoms with Crippen LogP contribution in [0.3, 0.4) is 0 Å². The standard InChI is InChI=1S/C14H20O5S/c1-5-18-14(15)11(3)12(4)19-20(16,17)13-8-6-10(2)7-9-13/h6-9,11-12H,5H2,1-4H3/t11-,12+/m1/s1. The smallest absolute Gasteiger partial charge is 0.311 e. The first-order valence-corrected chi connectivity index (χ1v) is 7.85. The van der Waals surface area contributed by atoms with E-state index in [2.05, 4.69) is 0 Å². The van der Waals surface area contributed by atoms with Crippen LogP contribution in [0.2, 0.25) is 0 Å². The van der Waals surface area contributed by atoms with E-state index >= 15 is 0 Å². The van der Waals surface area contributed by atoms with Gasteiger partial charge in [0.05, 0.1) is 23.5 Å². The fourth-order valence-corrected chi connectivity index (χ4v) is 2.66. The lowest BCUT2D eigenvalue weighted by Gasteiger charge is -2.18. The lowest BCUT2D eigenvalue weighted by molar-refractivity contribution is -0.150. The molecule has 2 atom stereocenters. The van der Waals surface area contributed by atoms with Gasteiger partial charge >= 0.3 is 5.97 Å². The van der Waals surface area contributed by atoms with Gasteiger partial charge in [-0.05, 0) is 39.8 Å². The van der Waals surface area contributed by atoms with E-state index in [9.17, 15) is 13.2 Å². The molecule has 0 fully saturated rings.